The number of hydrogen-bond acceptors (Lipinski definition) is 6. The van der Waals surface area contributed by atoms with E-state index in [9.17, 15) is 0 Å². The predicted molar refractivity (Wildman–Crippen MR) is 81.8 cm³/mol. The Morgan fingerprint density at radius 2 is 1.68 bits per heavy atom. The Labute approximate surface area is 117 Å². The van der Waals surface area contributed by atoms with Crippen LogP contribution in [-0.2, 0) is 0 Å². The van der Waals surface area contributed by atoms with Crippen LogP contribution >= 0.6 is 0 Å². The first-order chi connectivity index (χ1) is 9.38. The monoisotopic (exact) mass is 270 g/mol. The molecule has 0 amide bonds. The molecule has 1 rings (SSSR count). The van der Waals surface area contributed by atoms with Gasteiger partial charge in [-0.05, 0) is 0 Å². The molecule has 0 aliphatic carbocycles. The van der Waals surface area contributed by atoms with Gasteiger partial charge in [-0.2, -0.15) is 0 Å². The van der Waals surface area contributed by atoms with Crippen LogP contribution in [0, 0.1) is 0 Å². The van der Waals surface area contributed by atoms with Crippen LogP contribution in [0.2, 0.25) is 0 Å². The third-order valence-electron chi connectivity index (χ3n) is 3.18. The minimum Gasteiger partial charge on any atom is -0.357 e. The normalized spacial score (nSPS) is 15.1. The summed E-state index contributed by atoms with van der Waals surface area (Å²) in [7, 11) is 0. The lowest BCUT2D eigenvalue weighted by Gasteiger charge is -2.19. The third-order valence-corrected chi connectivity index (χ3v) is 3.18. The van der Waals surface area contributed by atoms with E-state index < -0.39 is 0 Å². The van der Waals surface area contributed by atoms with E-state index in [1.807, 2.05) is 0 Å². The molecular formula is C13H30N6. The molecule has 0 unspecified atom stereocenters. The van der Waals surface area contributed by atoms with Crippen LogP contribution in [-0.4, -0.2) is 76.2 Å². The highest BCUT2D eigenvalue weighted by Gasteiger charge is 2.13. The Bertz CT molecular complexity index is 243. The smallest absolute Gasteiger partial charge is 0.0988 e. The molecule has 1 aliphatic rings. The van der Waals surface area contributed by atoms with Gasteiger partial charge in [0.05, 0.1) is 12.4 Å². The van der Waals surface area contributed by atoms with Crippen molar-refractivity contribution in [2.75, 3.05) is 65.4 Å². The molecule has 0 saturated carbocycles. The van der Waals surface area contributed by atoms with Gasteiger partial charge in [0, 0.05) is 65.3 Å². The van der Waals surface area contributed by atoms with Gasteiger partial charge in [-0.1, -0.05) is 6.92 Å². The van der Waals surface area contributed by atoms with E-state index in [0.29, 0.717) is 6.54 Å². The van der Waals surface area contributed by atoms with Crippen LogP contribution in [0.4, 0.5) is 0 Å². The van der Waals surface area contributed by atoms with Crippen LogP contribution in [0.5, 0.6) is 0 Å². The molecule has 5 N–H and O–H groups in total. The maximum atomic E-state index is 5.39. The molecule has 0 radical (unpaired) electrons. The Hall–Kier alpha value is -0.690. The highest BCUT2D eigenvalue weighted by atomic mass is 15.2. The van der Waals surface area contributed by atoms with E-state index in [4.69, 9.17) is 5.73 Å². The van der Waals surface area contributed by atoms with E-state index in [2.05, 4.69) is 32.8 Å². The summed E-state index contributed by atoms with van der Waals surface area (Å²) >= 11 is 0. The third kappa shape index (κ3) is 7.47. The first kappa shape index (κ1) is 16.4. The number of nitrogens with one attached hydrogen (secondary N) is 3. The van der Waals surface area contributed by atoms with Gasteiger partial charge in [0.15, 0.2) is 0 Å². The van der Waals surface area contributed by atoms with Gasteiger partial charge in [-0.25, -0.2) is 0 Å². The van der Waals surface area contributed by atoms with Crippen LogP contribution in [0.3, 0.4) is 0 Å². The summed E-state index contributed by atoms with van der Waals surface area (Å²) in [6, 6.07) is 0. The fraction of sp³-hybridized carbons (Fsp3) is 0.923. The largest absolute Gasteiger partial charge is 0.357 e. The summed E-state index contributed by atoms with van der Waals surface area (Å²) in [5.41, 5.74) is 5.39. The number of amidine groups is 1. The average molecular weight is 270 g/mol. The Morgan fingerprint density at radius 1 is 1.05 bits per heavy atom. The zero-order valence-electron chi connectivity index (χ0n) is 12.2. The fourth-order valence-electron chi connectivity index (χ4n) is 2.15. The van der Waals surface area contributed by atoms with Crippen molar-refractivity contribution in [1.82, 2.24) is 20.9 Å². The van der Waals surface area contributed by atoms with Crippen LogP contribution in [0.1, 0.15) is 13.3 Å². The number of hydrogen-bond donors (Lipinski definition) is 4. The van der Waals surface area contributed by atoms with E-state index >= 15 is 0 Å². The lowest BCUT2D eigenvalue weighted by atomic mass is 10.4. The zero-order valence-corrected chi connectivity index (χ0v) is 12.2. The van der Waals surface area contributed by atoms with Gasteiger partial charge < -0.3 is 26.6 Å². The fourth-order valence-corrected chi connectivity index (χ4v) is 2.15. The summed E-state index contributed by atoms with van der Waals surface area (Å²) in [4.78, 5) is 6.87. The summed E-state index contributed by atoms with van der Waals surface area (Å²) in [5.74, 6) is 1.27. The molecule has 0 aromatic heterocycles. The van der Waals surface area contributed by atoms with Crippen molar-refractivity contribution in [1.29, 1.82) is 0 Å². The summed E-state index contributed by atoms with van der Waals surface area (Å²) in [6.07, 6.45) is 1.05. The second-order valence-corrected chi connectivity index (χ2v) is 4.68. The van der Waals surface area contributed by atoms with Gasteiger partial charge in [0.2, 0.25) is 0 Å². The zero-order chi connectivity index (χ0) is 13.8. The minimum atomic E-state index is 0.709. The topological polar surface area (TPSA) is 77.7 Å². The minimum absolute atomic E-state index is 0.709. The summed E-state index contributed by atoms with van der Waals surface area (Å²) in [6.45, 7) is 12.0. The van der Waals surface area contributed by atoms with Crippen molar-refractivity contribution < 1.29 is 0 Å². The average Bonchev–Trinajstić information content (AvgIpc) is 2.88. The Morgan fingerprint density at radius 3 is 2.32 bits per heavy atom. The molecule has 0 bridgehead atoms. The Kier molecular flexibility index (Phi) is 9.61. The number of nitrogens with two attached hydrogens (primary N) is 1. The van der Waals surface area contributed by atoms with Gasteiger partial charge in [-0.15, -0.1) is 0 Å². The molecule has 0 atom stereocenters. The first-order valence-electron chi connectivity index (χ1n) is 7.49. The molecule has 0 saturated heterocycles. The highest BCUT2D eigenvalue weighted by molar-refractivity contribution is 5.83. The lowest BCUT2D eigenvalue weighted by Crippen LogP contribution is -2.38. The van der Waals surface area contributed by atoms with E-state index in [1.54, 1.807) is 0 Å². The molecule has 1 aliphatic heterocycles. The van der Waals surface area contributed by atoms with Crippen molar-refractivity contribution >= 4 is 5.84 Å². The number of rotatable bonds is 12. The molecule has 112 valence electrons. The van der Waals surface area contributed by atoms with Crippen molar-refractivity contribution in [2.24, 2.45) is 10.7 Å². The first-order valence-corrected chi connectivity index (χ1v) is 7.49. The van der Waals surface area contributed by atoms with Gasteiger partial charge in [-0.3, -0.25) is 4.99 Å². The van der Waals surface area contributed by atoms with Gasteiger partial charge in [0.25, 0.3) is 0 Å². The standard InChI is InChI=1S/C13H30N6/c1-2-13-18-10-12-19(13)11-9-17-8-7-16-6-5-15-4-3-14/h15-17H,2-12,14H2,1H3. The second-order valence-electron chi connectivity index (χ2n) is 4.68. The van der Waals surface area contributed by atoms with E-state index in [-0.39, 0.29) is 0 Å². The Balaban J connectivity index is 1.82. The van der Waals surface area contributed by atoms with Crippen LogP contribution < -0.4 is 21.7 Å². The quantitative estimate of drug-likeness (QED) is 0.337. The molecule has 0 aromatic rings. The van der Waals surface area contributed by atoms with Crippen molar-refractivity contribution in [3.63, 3.8) is 0 Å². The van der Waals surface area contributed by atoms with Gasteiger partial charge in [0.1, 0.15) is 0 Å². The second kappa shape index (κ2) is 11.2. The number of nitrogens with zero attached hydrogens (tertiary/aromatic N) is 2. The number of aliphatic imine (C=N–C) groups is 1. The predicted octanol–water partition coefficient (Wildman–Crippen LogP) is -1.16. The van der Waals surface area contributed by atoms with Crippen molar-refractivity contribution in [2.45, 2.75) is 13.3 Å². The highest BCUT2D eigenvalue weighted by Crippen LogP contribution is 2.03. The molecule has 1 heterocycles. The lowest BCUT2D eigenvalue weighted by molar-refractivity contribution is 0.436. The van der Waals surface area contributed by atoms with Crippen molar-refractivity contribution in [3.05, 3.63) is 0 Å². The maximum Gasteiger partial charge on any atom is 0.0988 e. The molecule has 6 heteroatoms. The molecule has 0 aromatic carbocycles. The van der Waals surface area contributed by atoms with Crippen LogP contribution in [0.25, 0.3) is 0 Å². The molecule has 19 heavy (non-hydrogen) atoms. The van der Waals surface area contributed by atoms with Gasteiger partial charge >= 0.3 is 0 Å². The molecule has 0 spiro atoms. The summed E-state index contributed by atoms with van der Waals surface area (Å²) in [5, 5.41) is 10.1. The molecular weight excluding hydrogens is 240 g/mol. The van der Waals surface area contributed by atoms with E-state index in [1.165, 1.54) is 5.84 Å². The van der Waals surface area contributed by atoms with E-state index in [0.717, 1.165) is 65.3 Å². The van der Waals surface area contributed by atoms with Crippen molar-refractivity contribution in [3.8, 4) is 0 Å². The molecule has 0 fully saturated rings. The maximum absolute atomic E-state index is 5.39. The molecule has 6 nitrogen and oxygen atoms in total. The summed E-state index contributed by atoms with van der Waals surface area (Å²) < 4.78 is 0. The van der Waals surface area contributed by atoms with Crippen LogP contribution in [0.15, 0.2) is 4.99 Å². The SMILES string of the molecule is CCC1=NCCN1CCNCCNCCNCCN.